The van der Waals surface area contributed by atoms with Crippen molar-refractivity contribution < 1.29 is 38.4 Å². The van der Waals surface area contributed by atoms with Crippen LogP contribution in [0.2, 0.25) is 0 Å². The van der Waals surface area contributed by atoms with E-state index >= 15 is 0 Å². The predicted molar refractivity (Wildman–Crippen MR) is 179 cm³/mol. The Morgan fingerprint density at radius 3 is 2.29 bits per heavy atom. The molecule has 0 radical (unpaired) electrons. The zero-order chi connectivity index (χ0) is 34.1. The molecule has 0 fully saturated rings. The van der Waals surface area contributed by atoms with Crippen LogP contribution < -0.4 is 19.1 Å². The van der Waals surface area contributed by atoms with Gasteiger partial charge in [-0.3, -0.25) is 14.6 Å². The van der Waals surface area contributed by atoms with E-state index < -0.39 is 18.4 Å². The molecule has 4 aliphatic rings. The molecule has 0 saturated heterocycles. The SMILES string of the molecule is CCOC(=O)N1c2cc(OCCCCCOc3cc4c(cc3C)C(=O)N3C=C(C)C[C@H]3C=N4)c(OC)cc2C(=O)N2C=C(C)C[C@H]2[C@@H]1O. The van der Waals surface area contributed by atoms with Crippen molar-refractivity contribution in [2.45, 2.75) is 78.1 Å². The van der Waals surface area contributed by atoms with Crippen LogP contribution in [-0.2, 0) is 4.74 Å². The van der Waals surface area contributed by atoms with E-state index in [9.17, 15) is 19.5 Å². The summed E-state index contributed by atoms with van der Waals surface area (Å²) in [5, 5.41) is 11.3. The number of benzene rings is 2. The Balaban J connectivity index is 1.08. The summed E-state index contributed by atoms with van der Waals surface area (Å²) in [6, 6.07) is 6.11. The highest BCUT2D eigenvalue weighted by molar-refractivity contribution is 6.06. The van der Waals surface area contributed by atoms with Gasteiger partial charge >= 0.3 is 6.09 Å². The van der Waals surface area contributed by atoms with Crippen LogP contribution in [0.15, 0.2) is 52.8 Å². The highest BCUT2D eigenvalue weighted by Crippen LogP contribution is 2.42. The number of unbranched alkanes of at least 4 members (excludes halogenated alkanes) is 2. The minimum absolute atomic E-state index is 0.0472. The molecule has 0 spiro atoms. The minimum Gasteiger partial charge on any atom is -0.493 e. The van der Waals surface area contributed by atoms with Gasteiger partial charge in [0.25, 0.3) is 11.8 Å². The number of fused-ring (bicyclic) bond motifs is 4. The van der Waals surface area contributed by atoms with Crippen molar-refractivity contribution in [2.24, 2.45) is 4.99 Å². The number of ether oxygens (including phenoxy) is 4. The number of hydrogen-bond acceptors (Lipinski definition) is 9. The highest BCUT2D eigenvalue weighted by Gasteiger charge is 2.45. The molecule has 3 amide bonds. The molecular formula is C36H42N4O8. The average molecular weight is 659 g/mol. The predicted octanol–water partition coefficient (Wildman–Crippen LogP) is 5.88. The standard InChI is InChI=1S/C36H42N4O8/c1-6-46-36(44)40-28-17-32(31(45-5)15-26(28)34(42)39-20-22(3)13-29(39)35(40)43)48-11-9-7-8-10-47-30-16-27-25(14-23(30)4)33(41)38-19-21(2)12-24(38)18-37-27/h14-20,24,29,35,43H,6-13H2,1-5H3/t24-,29-,35-/m0/s1. The summed E-state index contributed by atoms with van der Waals surface area (Å²) in [7, 11) is 1.49. The summed E-state index contributed by atoms with van der Waals surface area (Å²) in [5.74, 6) is 0.991. The summed E-state index contributed by atoms with van der Waals surface area (Å²) < 4.78 is 23.0. The van der Waals surface area contributed by atoms with Gasteiger partial charge in [0.2, 0.25) is 0 Å². The number of aliphatic hydroxyl groups excluding tert-OH is 1. The maximum Gasteiger partial charge on any atom is 0.416 e. The van der Waals surface area contributed by atoms with Gasteiger partial charge in [-0.1, -0.05) is 11.1 Å². The minimum atomic E-state index is -1.32. The number of aliphatic hydroxyl groups is 1. The number of aryl methyl sites for hydroxylation is 1. The zero-order valence-electron chi connectivity index (χ0n) is 28.0. The molecule has 4 aliphatic heterocycles. The third kappa shape index (κ3) is 6.24. The number of aliphatic imine (C=N–C) groups is 1. The van der Waals surface area contributed by atoms with Gasteiger partial charge in [0.1, 0.15) is 5.75 Å². The topological polar surface area (TPSA) is 130 Å². The first-order valence-electron chi connectivity index (χ1n) is 16.4. The molecule has 12 heteroatoms. The number of nitrogens with zero attached hydrogens (tertiary/aromatic N) is 4. The number of hydrogen-bond donors (Lipinski definition) is 1. The molecule has 0 unspecified atom stereocenters. The molecule has 254 valence electrons. The maximum atomic E-state index is 13.6. The third-order valence-electron chi connectivity index (χ3n) is 9.02. The molecule has 12 nitrogen and oxygen atoms in total. The van der Waals surface area contributed by atoms with E-state index in [1.165, 1.54) is 12.0 Å². The summed E-state index contributed by atoms with van der Waals surface area (Å²) >= 11 is 0. The van der Waals surface area contributed by atoms with E-state index in [0.717, 1.165) is 40.9 Å². The van der Waals surface area contributed by atoms with Gasteiger partial charge < -0.3 is 33.9 Å². The summed E-state index contributed by atoms with van der Waals surface area (Å²) in [4.78, 5) is 48.8. The van der Waals surface area contributed by atoms with E-state index in [2.05, 4.69) is 4.99 Å². The molecule has 0 saturated carbocycles. The second kappa shape index (κ2) is 13.7. The Morgan fingerprint density at radius 2 is 1.56 bits per heavy atom. The van der Waals surface area contributed by atoms with Gasteiger partial charge in [0.15, 0.2) is 17.7 Å². The van der Waals surface area contributed by atoms with Crippen LogP contribution in [0.1, 0.15) is 79.2 Å². The largest absolute Gasteiger partial charge is 0.493 e. The molecule has 3 atom stereocenters. The smallest absolute Gasteiger partial charge is 0.416 e. The monoisotopic (exact) mass is 658 g/mol. The fourth-order valence-corrected chi connectivity index (χ4v) is 6.63. The Bertz CT molecular complexity index is 1720. The zero-order valence-corrected chi connectivity index (χ0v) is 28.0. The lowest BCUT2D eigenvalue weighted by Crippen LogP contribution is -2.50. The van der Waals surface area contributed by atoms with Crippen molar-refractivity contribution in [3.63, 3.8) is 0 Å². The Morgan fingerprint density at radius 1 is 0.875 bits per heavy atom. The van der Waals surface area contributed by atoms with Crippen molar-refractivity contribution in [1.29, 1.82) is 0 Å². The molecular weight excluding hydrogens is 616 g/mol. The Labute approximate surface area is 280 Å². The highest BCUT2D eigenvalue weighted by atomic mass is 16.6. The molecule has 0 aromatic heterocycles. The summed E-state index contributed by atoms with van der Waals surface area (Å²) in [5.41, 5.74) is 4.55. The van der Waals surface area contributed by atoms with Gasteiger partial charge in [-0.05, 0) is 77.5 Å². The van der Waals surface area contributed by atoms with Gasteiger partial charge in [-0.2, -0.15) is 0 Å². The molecule has 6 rings (SSSR count). The van der Waals surface area contributed by atoms with E-state index in [0.29, 0.717) is 54.6 Å². The molecule has 4 heterocycles. The normalized spacial score (nSPS) is 21.0. The fraction of sp³-hybridized carbons (Fsp3) is 0.444. The number of carbonyl (C=O) groups excluding carboxylic acids is 3. The lowest BCUT2D eigenvalue weighted by molar-refractivity contribution is 0.0553. The van der Waals surface area contributed by atoms with Gasteiger partial charge in [0.05, 0.1) is 61.5 Å². The van der Waals surface area contributed by atoms with Crippen molar-refractivity contribution in [2.75, 3.05) is 31.8 Å². The van der Waals surface area contributed by atoms with Gasteiger partial charge in [0, 0.05) is 30.7 Å². The second-order valence-corrected chi connectivity index (χ2v) is 12.6. The van der Waals surface area contributed by atoms with Crippen LogP contribution >= 0.6 is 0 Å². The summed E-state index contributed by atoms with van der Waals surface area (Å²) in [6.45, 7) is 8.45. The van der Waals surface area contributed by atoms with Crippen LogP contribution in [0.5, 0.6) is 17.2 Å². The molecule has 1 N–H and O–H groups in total. The number of carbonyl (C=O) groups is 3. The number of methoxy groups -OCH3 is 1. The van der Waals surface area contributed by atoms with E-state index in [4.69, 9.17) is 18.9 Å². The number of rotatable bonds is 10. The molecule has 2 aromatic carbocycles. The second-order valence-electron chi connectivity index (χ2n) is 12.6. The van der Waals surface area contributed by atoms with Crippen LogP contribution in [0.25, 0.3) is 0 Å². The van der Waals surface area contributed by atoms with E-state index in [1.807, 2.05) is 45.3 Å². The summed E-state index contributed by atoms with van der Waals surface area (Å²) in [6.07, 6.45) is 6.89. The number of anilines is 1. The first-order valence-corrected chi connectivity index (χ1v) is 16.4. The first-order chi connectivity index (χ1) is 23.1. The number of amides is 3. The lowest BCUT2D eigenvalue weighted by atomic mass is 10.1. The van der Waals surface area contributed by atoms with Crippen LogP contribution in [-0.4, -0.2) is 84.3 Å². The van der Waals surface area contributed by atoms with Gasteiger partial charge in [-0.15, -0.1) is 0 Å². The first kappa shape index (κ1) is 33.1. The Kier molecular flexibility index (Phi) is 9.45. The molecule has 48 heavy (non-hydrogen) atoms. The van der Waals surface area contributed by atoms with Crippen LogP contribution in [0, 0.1) is 6.92 Å². The average Bonchev–Trinajstić information content (AvgIpc) is 3.60. The van der Waals surface area contributed by atoms with E-state index in [-0.39, 0.29) is 35.7 Å². The quantitative estimate of drug-likeness (QED) is 0.314. The fourth-order valence-electron chi connectivity index (χ4n) is 6.63. The maximum absolute atomic E-state index is 13.6. The van der Waals surface area contributed by atoms with Crippen LogP contribution in [0.4, 0.5) is 16.2 Å². The van der Waals surface area contributed by atoms with Crippen LogP contribution in [0.3, 0.4) is 0 Å². The van der Waals surface area contributed by atoms with Crippen molar-refractivity contribution in [3.8, 4) is 17.2 Å². The molecule has 0 bridgehead atoms. The van der Waals surface area contributed by atoms with Gasteiger partial charge in [-0.25, -0.2) is 9.69 Å². The van der Waals surface area contributed by atoms with Crippen molar-refractivity contribution in [1.82, 2.24) is 9.80 Å². The van der Waals surface area contributed by atoms with E-state index in [1.54, 1.807) is 30.2 Å². The Hall–Kier alpha value is -4.84. The molecule has 0 aliphatic carbocycles. The third-order valence-corrected chi connectivity index (χ3v) is 9.02. The van der Waals surface area contributed by atoms with Crippen molar-refractivity contribution in [3.05, 3.63) is 64.5 Å². The lowest BCUT2D eigenvalue weighted by Gasteiger charge is -2.31. The van der Waals surface area contributed by atoms with Crippen molar-refractivity contribution >= 4 is 35.5 Å². The molecule has 2 aromatic rings.